The predicted molar refractivity (Wildman–Crippen MR) is 72.3 cm³/mol. The number of hydrogen-bond donors (Lipinski definition) is 3. The van der Waals surface area contributed by atoms with Gasteiger partial charge >= 0.3 is 6.09 Å². The van der Waals surface area contributed by atoms with Crippen molar-refractivity contribution in [3.05, 3.63) is 23.8 Å². The number of aromatic hydroxyl groups is 1. The van der Waals surface area contributed by atoms with Gasteiger partial charge in [-0.25, -0.2) is 9.69 Å². The highest BCUT2D eigenvalue weighted by Gasteiger charge is 2.43. The second kappa shape index (κ2) is 4.64. The summed E-state index contributed by atoms with van der Waals surface area (Å²) in [5.41, 5.74) is 0.240. The fraction of sp³-hybridized carbons (Fsp3) is 0.500. The van der Waals surface area contributed by atoms with Gasteiger partial charge in [0.15, 0.2) is 0 Å². The monoisotopic (exact) mass is 281 g/mol. The van der Waals surface area contributed by atoms with Crippen LogP contribution in [0.3, 0.4) is 0 Å². The van der Waals surface area contributed by atoms with Crippen LogP contribution in [0.2, 0.25) is 0 Å². The van der Waals surface area contributed by atoms with Crippen LogP contribution in [0.4, 0.5) is 10.5 Å². The van der Waals surface area contributed by atoms with Crippen LogP contribution in [0, 0.1) is 0 Å². The Morgan fingerprint density at radius 2 is 2.00 bits per heavy atom. The van der Waals surface area contributed by atoms with Crippen LogP contribution in [0.25, 0.3) is 0 Å². The van der Waals surface area contributed by atoms with E-state index in [9.17, 15) is 20.1 Å². The Labute approximate surface area is 117 Å². The number of carbonyl (C=O) groups excluding carboxylic acids is 1. The van der Waals surface area contributed by atoms with Gasteiger partial charge in [-0.05, 0) is 51.0 Å². The van der Waals surface area contributed by atoms with E-state index in [1.165, 1.54) is 18.2 Å². The summed E-state index contributed by atoms with van der Waals surface area (Å²) in [6.07, 6.45) is -0.548. The smallest absolute Gasteiger partial charge is 0.419 e. The third-order valence-electron chi connectivity index (χ3n) is 2.97. The van der Waals surface area contributed by atoms with Gasteiger partial charge in [0, 0.05) is 6.42 Å². The molecule has 1 amide bonds. The molecule has 2 rings (SSSR count). The van der Waals surface area contributed by atoms with Crippen LogP contribution in [0.1, 0.15) is 32.8 Å². The van der Waals surface area contributed by atoms with E-state index in [0.29, 0.717) is 17.7 Å². The van der Waals surface area contributed by atoms with Crippen LogP contribution in [0.15, 0.2) is 18.2 Å². The van der Waals surface area contributed by atoms with E-state index in [1.54, 1.807) is 20.8 Å². The Hall–Kier alpha value is -1.79. The maximum Gasteiger partial charge on any atom is 0.419 e. The lowest BCUT2D eigenvalue weighted by molar-refractivity contribution is -0.165. The van der Waals surface area contributed by atoms with E-state index in [0.717, 1.165) is 4.90 Å². The van der Waals surface area contributed by atoms with Gasteiger partial charge in [-0.1, -0.05) is 0 Å². The molecule has 110 valence electrons. The zero-order chi connectivity index (χ0) is 15.1. The van der Waals surface area contributed by atoms with Gasteiger partial charge in [0.05, 0.1) is 5.69 Å². The van der Waals surface area contributed by atoms with E-state index in [4.69, 9.17) is 4.74 Å². The number of anilines is 1. The SMILES string of the molecule is CC(C)(C)OC(=O)N1c2ccc(O)cc2CCC1(O)O. The third-order valence-corrected chi connectivity index (χ3v) is 2.97. The van der Waals surface area contributed by atoms with Crippen LogP contribution in [0.5, 0.6) is 5.75 Å². The number of aliphatic hydroxyl groups is 2. The molecule has 0 radical (unpaired) electrons. The molecular formula is C14H19NO5. The van der Waals surface area contributed by atoms with Crippen molar-refractivity contribution < 1.29 is 24.9 Å². The number of nitrogens with zero attached hydrogens (tertiary/aromatic N) is 1. The highest BCUT2D eigenvalue weighted by molar-refractivity contribution is 5.90. The van der Waals surface area contributed by atoms with Gasteiger partial charge in [0.25, 0.3) is 5.91 Å². The highest BCUT2D eigenvalue weighted by atomic mass is 16.6. The molecule has 0 saturated heterocycles. The van der Waals surface area contributed by atoms with Gasteiger partial charge in [0.2, 0.25) is 0 Å². The molecular weight excluding hydrogens is 262 g/mol. The molecule has 0 atom stereocenters. The number of rotatable bonds is 0. The Kier molecular flexibility index (Phi) is 3.39. The van der Waals surface area contributed by atoms with E-state index >= 15 is 0 Å². The molecule has 1 aliphatic rings. The van der Waals surface area contributed by atoms with E-state index in [1.807, 2.05) is 0 Å². The summed E-state index contributed by atoms with van der Waals surface area (Å²) in [4.78, 5) is 13.0. The van der Waals surface area contributed by atoms with Crippen molar-refractivity contribution in [2.24, 2.45) is 0 Å². The quantitative estimate of drug-likeness (QED) is 0.630. The lowest BCUT2D eigenvalue weighted by atomic mass is 9.99. The molecule has 6 heteroatoms. The summed E-state index contributed by atoms with van der Waals surface area (Å²) < 4.78 is 5.20. The molecule has 20 heavy (non-hydrogen) atoms. The van der Waals surface area contributed by atoms with Crippen LogP contribution < -0.4 is 4.90 Å². The van der Waals surface area contributed by atoms with Crippen molar-refractivity contribution in [2.45, 2.75) is 45.1 Å². The average molecular weight is 281 g/mol. The van der Waals surface area contributed by atoms with E-state index < -0.39 is 17.6 Å². The maximum atomic E-state index is 12.2. The normalized spacial score (nSPS) is 17.6. The molecule has 3 N–H and O–H groups in total. The molecule has 0 spiro atoms. The minimum atomic E-state index is -2.30. The Balaban J connectivity index is 2.41. The molecule has 1 aromatic carbocycles. The summed E-state index contributed by atoms with van der Waals surface area (Å²) in [6, 6.07) is 4.36. The first-order valence-electron chi connectivity index (χ1n) is 6.40. The van der Waals surface area contributed by atoms with E-state index in [-0.39, 0.29) is 12.2 Å². The molecule has 0 fully saturated rings. The Morgan fingerprint density at radius 1 is 1.35 bits per heavy atom. The molecule has 1 aromatic rings. The number of phenols is 1. The molecule has 1 aliphatic heterocycles. The molecule has 0 saturated carbocycles. The number of phenolic OH excluding ortho intramolecular Hbond substituents is 1. The molecule has 0 aromatic heterocycles. The number of ether oxygens (including phenoxy) is 1. The fourth-order valence-corrected chi connectivity index (χ4v) is 2.15. The Bertz CT molecular complexity index is 533. The van der Waals surface area contributed by atoms with Crippen molar-refractivity contribution in [1.29, 1.82) is 0 Å². The summed E-state index contributed by atoms with van der Waals surface area (Å²) in [6.45, 7) is 5.09. The van der Waals surface area contributed by atoms with E-state index in [2.05, 4.69) is 0 Å². The summed E-state index contributed by atoms with van der Waals surface area (Å²) in [5, 5.41) is 29.5. The summed E-state index contributed by atoms with van der Waals surface area (Å²) >= 11 is 0. The van der Waals surface area contributed by atoms with Crippen molar-refractivity contribution in [3.63, 3.8) is 0 Å². The van der Waals surface area contributed by atoms with Gasteiger partial charge in [-0.15, -0.1) is 0 Å². The second-order valence-corrected chi connectivity index (χ2v) is 5.90. The summed E-state index contributed by atoms with van der Waals surface area (Å²) in [7, 11) is 0. The van der Waals surface area contributed by atoms with Gasteiger partial charge in [0.1, 0.15) is 11.4 Å². The van der Waals surface area contributed by atoms with Crippen LogP contribution in [-0.2, 0) is 11.2 Å². The first-order valence-corrected chi connectivity index (χ1v) is 6.40. The number of amides is 1. The number of aryl methyl sites for hydroxylation is 1. The predicted octanol–water partition coefficient (Wildman–Crippen LogP) is 1.72. The minimum Gasteiger partial charge on any atom is -0.508 e. The number of carbonyl (C=O) groups is 1. The largest absolute Gasteiger partial charge is 0.508 e. The molecule has 0 unspecified atom stereocenters. The standard InChI is InChI=1S/C14H19NO5/c1-13(2,3)20-12(17)15-11-5-4-10(16)8-9(11)6-7-14(15,18)19/h4-5,8,16,18-19H,6-7H2,1-3H3. The molecule has 6 nitrogen and oxygen atoms in total. The van der Waals surface area contributed by atoms with Crippen molar-refractivity contribution in [1.82, 2.24) is 0 Å². The highest BCUT2D eigenvalue weighted by Crippen LogP contribution is 2.37. The van der Waals surface area contributed by atoms with Gasteiger partial charge < -0.3 is 20.1 Å². The fourth-order valence-electron chi connectivity index (χ4n) is 2.15. The van der Waals surface area contributed by atoms with Crippen LogP contribution >= 0.6 is 0 Å². The minimum absolute atomic E-state index is 0.0529. The molecule has 0 aliphatic carbocycles. The molecule has 0 bridgehead atoms. The molecule has 1 heterocycles. The lowest BCUT2D eigenvalue weighted by Crippen LogP contribution is -2.56. The second-order valence-electron chi connectivity index (χ2n) is 5.90. The zero-order valence-electron chi connectivity index (χ0n) is 11.8. The number of fused-ring (bicyclic) bond motifs is 1. The van der Waals surface area contributed by atoms with Gasteiger partial charge in [-0.3, -0.25) is 0 Å². The van der Waals surface area contributed by atoms with Crippen molar-refractivity contribution in [3.8, 4) is 5.75 Å². The third kappa shape index (κ3) is 2.86. The first kappa shape index (κ1) is 14.6. The van der Waals surface area contributed by atoms with Crippen LogP contribution in [-0.4, -0.2) is 32.9 Å². The summed E-state index contributed by atoms with van der Waals surface area (Å²) in [5.74, 6) is -2.23. The number of benzene rings is 1. The van der Waals surface area contributed by atoms with Crippen molar-refractivity contribution >= 4 is 11.8 Å². The topological polar surface area (TPSA) is 90.2 Å². The van der Waals surface area contributed by atoms with Gasteiger partial charge in [-0.2, -0.15) is 0 Å². The van der Waals surface area contributed by atoms with Crippen molar-refractivity contribution in [2.75, 3.05) is 4.90 Å². The Morgan fingerprint density at radius 3 is 2.60 bits per heavy atom. The first-order chi connectivity index (χ1) is 9.10. The zero-order valence-corrected chi connectivity index (χ0v) is 11.8. The average Bonchev–Trinajstić information content (AvgIpc) is 2.26. The maximum absolute atomic E-state index is 12.2. The lowest BCUT2D eigenvalue weighted by Gasteiger charge is -2.40. The number of hydrogen-bond acceptors (Lipinski definition) is 5.